The molecule has 19 heavy (non-hydrogen) atoms. The van der Waals surface area contributed by atoms with Gasteiger partial charge in [-0.15, -0.1) is 0 Å². The fourth-order valence-electron chi connectivity index (χ4n) is 1.29. The number of halogens is 3. The van der Waals surface area contributed by atoms with Crippen molar-refractivity contribution >= 4 is 11.6 Å². The number of aliphatic hydroxyl groups excluding tert-OH is 2. The summed E-state index contributed by atoms with van der Waals surface area (Å²) in [4.78, 5) is 0. The van der Waals surface area contributed by atoms with Crippen LogP contribution in [0, 0.1) is 0 Å². The second-order valence-electron chi connectivity index (χ2n) is 3.96. The van der Waals surface area contributed by atoms with Crippen LogP contribution in [0.5, 0.6) is 5.75 Å². The summed E-state index contributed by atoms with van der Waals surface area (Å²) in [5.41, 5.74) is 0. The molecule has 4 nitrogen and oxygen atoms in total. The predicted molar refractivity (Wildman–Crippen MR) is 67.8 cm³/mol. The average Bonchev–Trinajstić information content (AvgIpc) is 2.37. The zero-order valence-electron chi connectivity index (χ0n) is 10.1. The van der Waals surface area contributed by atoms with Crippen LogP contribution in [0.25, 0.3) is 0 Å². The van der Waals surface area contributed by atoms with Crippen LogP contribution in [-0.2, 0) is 0 Å². The van der Waals surface area contributed by atoms with E-state index in [-0.39, 0.29) is 19.7 Å². The molecule has 2 unspecified atom stereocenters. The summed E-state index contributed by atoms with van der Waals surface area (Å²) >= 11 is 5.85. The van der Waals surface area contributed by atoms with E-state index in [1.807, 2.05) is 0 Å². The molecule has 0 spiro atoms. The Kier molecular flexibility index (Phi) is 7.01. The van der Waals surface area contributed by atoms with Crippen molar-refractivity contribution in [3.63, 3.8) is 0 Å². The number of nitrogens with one attached hydrogen (secondary N) is 1. The van der Waals surface area contributed by atoms with Crippen molar-refractivity contribution in [2.45, 2.75) is 18.6 Å². The lowest BCUT2D eigenvalue weighted by Crippen LogP contribution is -2.38. The van der Waals surface area contributed by atoms with Gasteiger partial charge in [-0.3, -0.25) is 0 Å². The van der Waals surface area contributed by atoms with Gasteiger partial charge in [0, 0.05) is 13.1 Å². The van der Waals surface area contributed by atoms with Crippen LogP contribution in [-0.4, -0.2) is 48.5 Å². The van der Waals surface area contributed by atoms with Gasteiger partial charge in [0.25, 0.3) is 6.43 Å². The molecule has 1 rings (SSSR count). The summed E-state index contributed by atoms with van der Waals surface area (Å²) in [6, 6.07) is 6.80. The number of aliphatic hydroxyl groups is 2. The average molecular weight is 296 g/mol. The van der Waals surface area contributed by atoms with Gasteiger partial charge in [-0.25, -0.2) is 8.78 Å². The van der Waals surface area contributed by atoms with E-state index in [0.29, 0.717) is 10.8 Å². The highest BCUT2D eigenvalue weighted by atomic mass is 35.5. The minimum Gasteiger partial charge on any atom is -0.489 e. The van der Waals surface area contributed by atoms with Crippen molar-refractivity contribution in [1.82, 2.24) is 5.32 Å². The molecule has 1 aromatic carbocycles. The summed E-state index contributed by atoms with van der Waals surface area (Å²) in [5, 5.41) is 21.3. The summed E-state index contributed by atoms with van der Waals surface area (Å²) < 4.78 is 29.2. The first-order chi connectivity index (χ1) is 9.00. The van der Waals surface area contributed by atoms with Gasteiger partial charge in [-0.1, -0.05) is 23.7 Å². The molecule has 108 valence electrons. The Morgan fingerprint density at radius 3 is 2.53 bits per heavy atom. The molecule has 0 radical (unpaired) electrons. The molecule has 1 aromatic rings. The number of ether oxygens (including phenoxy) is 1. The van der Waals surface area contributed by atoms with Gasteiger partial charge in [-0.05, 0) is 12.1 Å². The molecule has 0 saturated carbocycles. The summed E-state index contributed by atoms with van der Waals surface area (Å²) in [6.07, 6.45) is -5.43. The van der Waals surface area contributed by atoms with Crippen LogP contribution in [0.4, 0.5) is 8.78 Å². The van der Waals surface area contributed by atoms with E-state index in [2.05, 4.69) is 5.32 Å². The zero-order valence-corrected chi connectivity index (χ0v) is 10.9. The van der Waals surface area contributed by atoms with Crippen molar-refractivity contribution in [2.24, 2.45) is 0 Å². The SMILES string of the molecule is OC(CNCC(O)C(F)F)COc1ccccc1Cl. The smallest absolute Gasteiger partial charge is 0.265 e. The molecule has 0 amide bonds. The standard InChI is InChI=1S/C12H16ClF2NO3/c13-9-3-1-2-4-11(9)19-7-8(17)5-16-6-10(18)12(14)15/h1-4,8,10,12,16-18H,5-7H2. The van der Waals surface area contributed by atoms with E-state index in [9.17, 15) is 13.9 Å². The molecule has 2 atom stereocenters. The van der Waals surface area contributed by atoms with E-state index < -0.39 is 18.6 Å². The third kappa shape index (κ3) is 6.15. The molecule has 7 heteroatoms. The monoisotopic (exact) mass is 295 g/mol. The van der Waals surface area contributed by atoms with E-state index in [1.54, 1.807) is 24.3 Å². The number of hydrogen-bond acceptors (Lipinski definition) is 4. The second kappa shape index (κ2) is 8.27. The third-order valence-corrected chi connectivity index (χ3v) is 2.60. The van der Waals surface area contributed by atoms with Crippen LogP contribution in [0.15, 0.2) is 24.3 Å². The van der Waals surface area contributed by atoms with Crippen LogP contribution < -0.4 is 10.1 Å². The Hall–Kier alpha value is -0.950. The van der Waals surface area contributed by atoms with E-state index >= 15 is 0 Å². The summed E-state index contributed by atoms with van der Waals surface area (Å²) in [5.74, 6) is 0.441. The number of hydrogen-bond donors (Lipinski definition) is 3. The molecule has 0 saturated heterocycles. The number of benzene rings is 1. The lowest BCUT2D eigenvalue weighted by Gasteiger charge is -2.15. The van der Waals surface area contributed by atoms with Gasteiger partial charge in [0.2, 0.25) is 0 Å². The van der Waals surface area contributed by atoms with E-state index in [1.165, 1.54) is 0 Å². The first-order valence-corrected chi connectivity index (χ1v) is 6.11. The Labute approximate surface area is 115 Å². The molecule has 0 fully saturated rings. The van der Waals surface area contributed by atoms with Gasteiger partial charge in [-0.2, -0.15) is 0 Å². The van der Waals surface area contributed by atoms with Gasteiger partial charge >= 0.3 is 0 Å². The van der Waals surface area contributed by atoms with Gasteiger partial charge in [0.15, 0.2) is 0 Å². The van der Waals surface area contributed by atoms with Crippen molar-refractivity contribution in [1.29, 1.82) is 0 Å². The highest BCUT2D eigenvalue weighted by Crippen LogP contribution is 2.22. The fraction of sp³-hybridized carbons (Fsp3) is 0.500. The summed E-state index contributed by atoms with van der Waals surface area (Å²) in [6.45, 7) is -0.281. The maximum absolute atomic E-state index is 12.0. The highest BCUT2D eigenvalue weighted by molar-refractivity contribution is 6.32. The van der Waals surface area contributed by atoms with Crippen LogP contribution >= 0.6 is 11.6 Å². The molecule has 0 aliphatic heterocycles. The molecule has 0 aliphatic carbocycles. The minimum absolute atomic E-state index is 0.0263. The van der Waals surface area contributed by atoms with E-state index in [0.717, 1.165) is 0 Å². The van der Waals surface area contributed by atoms with Crippen LogP contribution in [0.2, 0.25) is 5.02 Å². The molecule has 0 bridgehead atoms. The molecule has 0 aromatic heterocycles. The van der Waals surface area contributed by atoms with Crippen LogP contribution in [0.1, 0.15) is 0 Å². The highest BCUT2D eigenvalue weighted by Gasteiger charge is 2.16. The maximum atomic E-state index is 12.0. The molecular formula is C12H16ClF2NO3. The Bertz CT molecular complexity index is 382. The predicted octanol–water partition coefficient (Wildman–Crippen LogP) is 1.30. The van der Waals surface area contributed by atoms with Crippen molar-refractivity contribution in [2.75, 3.05) is 19.7 Å². The van der Waals surface area contributed by atoms with Gasteiger partial charge < -0.3 is 20.3 Å². The number of alkyl halides is 2. The largest absolute Gasteiger partial charge is 0.489 e. The first kappa shape index (κ1) is 16.1. The molecule has 3 N–H and O–H groups in total. The Morgan fingerprint density at radius 1 is 1.21 bits per heavy atom. The van der Waals surface area contributed by atoms with Crippen molar-refractivity contribution in [3.8, 4) is 5.75 Å². The Morgan fingerprint density at radius 2 is 1.89 bits per heavy atom. The normalized spacial score (nSPS) is 14.4. The van der Waals surface area contributed by atoms with Crippen molar-refractivity contribution in [3.05, 3.63) is 29.3 Å². The second-order valence-corrected chi connectivity index (χ2v) is 4.36. The topological polar surface area (TPSA) is 61.7 Å². The fourth-order valence-corrected chi connectivity index (χ4v) is 1.48. The Balaban J connectivity index is 2.21. The first-order valence-electron chi connectivity index (χ1n) is 5.73. The summed E-state index contributed by atoms with van der Waals surface area (Å²) in [7, 11) is 0. The van der Waals surface area contributed by atoms with Crippen molar-refractivity contribution < 1.29 is 23.7 Å². The molecular weight excluding hydrogens is 280 g/mol. The number of rotatable bonds is 8. The van der Waals surface area contributed by atoms with Gasteiger partial charge in [0.1, 0.15) is 24.6 Å². The number of para-hydroxylation sites is 1. The molecule has 0 aliphatic rings. The minimum atomic E-state index is -2.80. The van der Waals surface area contributed by atoms with Gasteiger partial charge in [0.05, 0.1) is 5.02 Å². The van der Waals surface area contributed by atoms with E-state index in [4.69, 9.17) is 21.4 Å². The van der Waals surface area contributed by atoms with Crippen LogP contribution in [0.3, 0.4) is 0 Å². The third-order valence-electron chi connectivity index (χ3n) is 2.29. The quantitative estimate of drug-likeness (QED) is 0.676. The maximum Gasteiger partial charge on any atom is 0.265 e. The molecule has 0 heterocycles. The lowest BCUT2D eigenvalue weighted by molar-refractivity contribution is -0.00529. The zero-order chi connectivity index (χ0) is 14.3. The lowest BCUT2D eigenvalue weighted by atomic mass is 10.3.